The second-order valence-electron chi connectivity index (χ2n) is 2.33. The highest BCUT2D eigenvalue weighted by Gasteiger charge is 2.10. The lowest BCUT2D eigenvalue weighted by Gasteiger charge is -2.07. The minimum atomic E-state index is -2.93. The van der Waals surface area contributed by atoms with Crippen molar-refractivity contribution in [2.24, 2.45) is 0 Å². The van der Waals surface area contributed by atoms with Crippen LogP contribution in [-0.2, 0) is 6.42 Å². The predicted molar refractivity (Wildman–Crippen MR) is 45.2 cm³/mol. The van der Waals surface area contributed by atoms with E-state index in [1.165, 1.54) is 6.07 Å². The Morgan fingerprint density at radius 1 is 1.64 bits per heavy atom. The lowest BCUT2D eigenvalue weighted by atomic mass is 10.2. The minimum Gasteiger partial charge on any atom is -0.433 e. The van der Waals surface area contributed by atoms with Crippen molar-refractivity contribution in [1.29, 1.82) is 5.26 Å². The van der Waals surface area contributed by atoms with E-state index in [2.05, 4.69) is 9.72 Å². The molecule has 74 valence electrons. The molecule has 0 aliphatic rings. The monoisotopic (exact) mass is 218 g/mol. The fourth-order valence-corrected chi connectivity index (χ4v) is 1.06. The summed E-state index contributed by atoms with van der Waals surface area (Å²) in [6, 6.07) is 3.14. The molecule has 0 atom stereocenters. The van der Waals surface area contributed by atoms with Gasteiger partial charge in [-0.25, -0.2) is 4.98 Å². The Morgan fingerprint density at radius 3 is 2.93 bits per heavy atom. The molecule has 14 heavy (non-hydrogen) atoms. The van der Waals surface area contributed by atoms with Crippen molar-refractivity contribution < 1.29 is 13.5 Å². The van der Waals surface area contributed by atoms with Crippen LogP contribution in [0.4, 0.5) is 8.78 Å². The van der Waals surface area contributed by atoms with Crippen LogP contribution in [0.5, 0.6) is 5.75 Å². The molecule has 1 aromatic heterocycles. The molecule has 0 unspecified atom stereocenters. The van der Waals surface area contributed by atoms with Gasteiger partial charge >= 0.3 is 6.61 Å². The Kier molecular flexibility index (Phi) is 3.60. The van der Waals surface area contributed by atoms with Crippen molar-refractivity contribution in [3.8, 4) is 11.8 Å². The van der Waals surface area contributed by atoms with Crippen LogP contribution in [0, 0.1) is 11.3 Å². The summed E-state index contributed by atoms with van der Waals surface area (Å²) >= 11 is 5.53. The van der Waals surface area contributed by atoms with E-state index in [0.717, 1.165) is 6.20 Å². The third-order valence-electron chi connectivity index (χ3n) is 1.40. The molecule has 0 radical (unpaired) electrons. The average Bonchev–Trinajstić information content (AvgIpc) is 2.09. The highest BCUT2D eigenvalue weighted by atomic mass is 35.5. The SMILES string of the molecule is N#CCc1cc(Cl)ncc1OC(F)F. The van der Waals surface area contributed by atoms with E-state index in [-0.39, 0.29) is 17.3 Å². The number of pyridine rings is 1. The molecule has 1 rings (SSSR count). The highest BCUT2D eigenvalue weighted by molar-refractivity contribution is 6.29. The Morgan fingerprint density at radius 2 is 2.36 bits per heavy atom. The van der Waals surface area contributed by atoms with Crippen LogP contribution >= 0.6 is 11.6 Å². The number of nitriles is 1. The van der Waals surface area contributed by atoms with Crippen LogP contribution < -0.4 is 4.74 Å². The third kappa shape index (κ3) is 2.82. The van der Waals surface area contributed by atoms with Crippen LogP contribution in [0.3, 0.4) is 0 Å². The van der Waals surface area contributed by atoms with Crippen molar-refractivity contribution in [3.05, 3.63) is 23.0 Å². The lowest BCUT2D eigenvalue weighted by molar-refractivity contribution is -0.0506. The summed E-state index contributed by atoms with van der Waals surface area (Å²) < 4.78 is 27.9. The number of hydrogen-bond donors (Lipinski definition) is 0. The molecule has 0 amide bonds. The van der Waals surface area contributed by atoms with E-state index in [0.29, 0.717) is 5.56 Å². The van der Waals surface area contributed by atoms with Crippen LogP contribution in [-0.4, -0.2) is 11.6 Å². The number of ether oxygens (including phenoxy) is 1. The maximum atomic E-state index is 11.9. The molecule has 0 saturated carbocycles. The first-order chi connectivity index (χ1) is 6.63. The molecule has 0 spiro atoms. The van der Waals surface area contributed by atoms with Crippen molar-refractivity contribution in [3.63, 3.8) is 0 Å². The molecule has 6 heteroatoms. The molecule has 3 nitrogen and oxygen atoms in total. The standard InChI is InChI=1S/C8H5ClF2N2O/c9-7-3-5(1-2-12)6(4-13-7)14-8(10)11/h3-4,8H,1H2. The van der Waals surface area contributed by atoms with Gasteiger partial charge in [-0.3, -0.25) is 0 Å². The Balaban J connectivity index is 2.97. The Labute approximate surface area is 83.9 Å². The molecular weight excluding hydrogens is 214 g/mol. The molecule has 0 bridgehead atoms. The molecule has 1 heterocycles. The first-order valence-electron chi connectivity index (χ1n) is 3.59. The lowest BCUT2D eigenvalue weighted by Crippen LogP contribution is -2.04. The molecule has 0 aliphatic heterocycles. The zero-order valence-corrected chi connectivity index (χ0v) is 7.63. The Hall–Kier alpha value is -1.41. The number of rotatable bonds is 3. The summed E-state index contributed by atoms with van der Waals surface area (Å²) in [6.07, 6.45) is 1.02. The fraction of sp³-hybridized carbons (Fsp3) is 0.250. The molecule has 1 aromatic rings. The molecule has 0 aliphatic carbocycles. The molecule has 0 fully saturated rings. The maximum absolute atomic E-state index is 11.9. The van der Waals surface area contributed by atoms with Gasteiger partial charge < -0.3 is 4.74 Å². The van der Waals surface area contributed by atoms with Crippen LogP contribution in [0.2, 0.25) is 5.15 Å². The van der Waals surface area contributed by atoms with Crippen LogP contribution in [0.1, 0.15) is 5.56 Å². The highest BCUT2D eigenvalue weighted by Crippen LogP contribution is 2.22. The largest absolute Gasteiger partial charge is 0.433 e. The van der Waals surface area contributed by atoms with E-state index in [4.69, 9.17) is 16.9 Å². The van der Waals surface area contributed by atoms with E-state index in [1.807, 2.05) is 6.07 Å². The third-order valence-corrected chi connectivity index (χ3v) is 1.61. The van der Waals surface area contributed by atoms with Gasteiger partial charge in [0.05, 0.1) is 18.7 Å². The smallest absolute Gasteiger partial charge is 0.387 e. The van der Waals surface area contributed by atoms with Crippen molar-refractivity contribution in [2.45, 2.75) is 13.0 Å². The first kappa shape index (κ1) is 10.7. The zero-order chi connectivity index (χ0) is 10.6. The molecule has 0 saturated heterocycles. The zero-order valence-electron chi connectivity index (χ0n) is 6.88. The normalized spacial score (nSPS) is 9.93. The average molecular weight is 219 g/mol. The first-order valence-corrected chi connectivity index (χ1v) is 3.97. The quantitative estimate of drug-likeness (QED) is 0.732. The van der Waals surface area contributed by atoms with Gasteiger partial charge in [-0.1, -0.05) is 11.6 Å². The molecular formula is C8H5ClF2N2O. The summed E-state index contributed by atoms with van der Waals surface area (Å²) in [6.45, 7) is -2.93. The number of alkyl halides is 2. The summed E-state index contributed by atoms with van der Waals surface area (Å²) in [5.41, 5.74) is 0.299. The number of aromatic nitrogens is 1. The van der Waals surface area contributed by atoms with E-state index >= 15 is 0 Å². The van der Waals surface area contributed by atoms with Gasteiger partial charge in [0.2, 0.25) is 0 Å². The van der Waals surface area contributed by atoms with Crippen LogP contribution in [0.25, 0.3) is 0 Å². The number of halogens is 3. The van der Waals surface area contributed by atoms with Crippen molar-refractivity contribution in [2.75, 3.05) is 0 Å². The Bertz CT molecular complexity index is 365. The van der Waals surface area contributed by atoms with Gasteiger partial charge in [-0.15, -0.1) is 0 Å². The number of nitrogens with zero attached hydrogens (tertiary/aromatic N) is 2. The summed E-state index contributed by atoms with van der Waals surface area (Å²) in [5.74, 6) is -0.119. The topological polar surface area (TPSA) is 45.9 Å². The fourth-order valence-electron chi connectivity index (χ4n) is 0.881. The van der Waals surface area contributed by atoms with Gasteiger partial charge in [0.25, 0.3) is 0 Å². The minimum absolute atomic E-state index is 0.0513. The van der Waals surface area contributed by atoms with E-state index in [9.17, 15) is 8.78 Å². The second-order valence-corrected chi connectivity index (χ2v) is 2.72. The van der Waals surface area contributed by atoms with Gasteiger partial charge in [0.15, 0.2) is 0 Å². The summed E-state index contributed by atoms with van der Waals surface area (Å²) in [7, 11) is 0. The van der Waals surface area contributed by atoms with E-state index < -0.39 is 6.61 Å². The van der Waals surface area contributed by atoms with Crippen molar-refractivity contribution in [1.82, 2.24) is 4.98 Å². The second kappa shape index (κ2) is 4.72. The van der Waals surface area contributed by atoms with E-state index in [1.54, 1.807) is 0 Å². The number of hydrogen-bond acceptors (Lipinski definition) is 3. The molecule has 0 aromatic carbocycles. The molecule has 0 N–H and O–H groups in total. The summed E-state index contributed by atoms with van der Waals surface area (Å²) in [5, 5.41) is 8.55. The predicted octanol–water partition coefficient (Wildman–Crippen LogP) is 2.40. The van der Waals surface area contributed by atoms with Gasteiger partial charge in [0, 0.05) is 5.56 Å². The van der Waals surface area contributed by atoms with Gasteiger partial charge in [0.1, 0.15) is 10.9 Å². The maximum Gasteiger partial charge on any atom is 0.387 e. The van der Waals surface area contributed by atoms with Crippen molar-refractivity contribution >= 4 is 11.6 Å². The van der Waals surface area contributed by atoms with Crippen LogP contribution in [0.15, 0.2) is 12.3 Å². The summed E-state index contributed by atoms with van der Waals surface area (Å²) in [4.78, 5) is 3.57. The van der Waals surface area contributed by atoms with Gasteiger partial charge in [-0.05, 0) is 6.07 Å². The van der Waals surface area contributed by atoms with Gasteiger partial charge in [-0.2, -0.15) is 14.0 Å².